The molecule has 0 spiro atoms. The van der Waals surface area contributed by atoms with Crippen molar-refractivity contribution >= 4 is 44.5 Å². The second-order valence-corrected chi connectivity index (χ2v) is 6.69. The van der Waals surface area contributed by atoms with Crippen molar-refractivity contribution in [2.75, 3.05) is 10.6 Å². The Morgan fingerprint density at radius 1 is 1.04 bits per heavy atom. The highest BCUT2D eigenvalue weighted by Gasteiger charge is 2.29. The van der Waals surface area contributed by atoms with Gasteiger partial charge >= 0.3 is 0 Å². The van der Waals surface area contributed by atoms with Crippen LogP contribution in [0.5, 0.6) is 0 Å². The van der Waals surface area contributed by atoms with Crippen molar-refractivity contribution in [1.82, 2.24) is 10.2 Å². The van der Waals surface area contributed by atoms with Crippen molar-refractivity contribution in [2.45, 2.75) is 0 Å². The third-order valence-electron chi connectivity index (χ3n) is 4.04. The largest absolute Gasteiger partial charge is 0.353 e. The molecule has 0 bridgehead atoms. The first kappa shape index (κ1) is 17.3. The molecule has 2 N–H and O–H groups in total. The fourth-order valence-electron chi connectivity index (χ4n) is 2.83. The SMILES string of the molecule is O=C1Nc2ccc(Br)cc2/C1=C(/Nc1ccnnc1)c1ccc(F)c(F)c1. The summed E-state index contributed by atoms with van der Waals surface area (Å²) in [7, 11) is 0. The van der Waals surface area contributed by atoms with Crippen LogP contribution in [0.4, 0.5) is 20.2 Å². The van der Waals surface area contributed by atoms with E-state index in [0.29, 0.717) is 33.8 Å². The van der Waals surface area contributed by atoms with E-state index < -0.39 is 11.6 Å². The van der Waals surface area contributed by atoms with E-state index in [1.807, 2.05) is 0 Å². The minimum Gasteiger partial charge on any atom is -0.353 e. The van der Waals surface area contributed by atoms with Crippen molar-refractivity contribution in [2.24, 2.45) is 0 Å². The van der Waals surface area contributed by atoms with Gasteiger partial charge in [-0.2, -0.15) is 10.2 Å². The van der Waals surface area contributed by atoms with Gasteiger partial charge < -0.3 is 10.6 Å². The lowest BCUT2D eigenvalue weighted by Gasteiger charge is -2.14. The Hall–Kier alpha value is -3.13. The van der Waals surface area contributed by atoms with E-state index >= 15 is 0 Å². The Balaban J connectivity index is 1.95. The molecule has 1 amide bonds. The number of hydrogen-bond acceptors (Lipinski definition) is 4. The first-order valence-electron chi connectivity index (χ1n) is 7.87. The third kappa shape index (κ3) is 3.31. The topological polar surface area (TPSA) is 66.9 Å². The van der Waals surface area contributed by atoms with E-state index in [0.717, 1.165) is 16.6 Å². The van der Waals surface area contributed by atoms with E-state index in [1.54, 1.807) is 24.3 Å². The zero-order valence-electron chi connectivity index (χ0n) is 13.6. The summed E-state index contributed by atoms with van der Waals surface area (Å²) in [5, 5.41) is 13.4. The smallest absolute Gasteiger partial charge is 0.258 e. The van der Waals surface area contributed by atoms with Crippen molar-refractivity contribution in [1.29, 1.82) is 0 Å². The van der Waals surface area contributed by atoms with Crippen molar-refractivity contribution in [3.63, 3.8) is 0 Å². The van der Waals surface area contributed by atoms with Crippen molar-refractivity contribution in [3.8, 4) is 0 Å². The monoisotopic (exact) mass is 428 g/mol. The Morgan fingerprint density at radius 2 is 1.89 bits per heavy atom. The molecule has 4 rings (SSSR count). The Morgan fingerprint density at radius 3 is 2.63 bits per heavy atom. The van der Waals surface area contributed by atoms with Crippen LogP contribution < -0.4 is 10.6 Å². The molecule has 27 heavy (non-hydrogen) atoms. The molecule has 1 aromatic heterocycles. The fourth-order valence-corrected chi connectivity index (χ4v) is 3.19. The predicted octanol–water partition coefficient (Wildman–Crippen LogP) is 4.45. The Bertz CT molecular complexity index is 1090. The number of rotatable bonds is 3. The van der Waals surface area contributed by atoms with Gasteiger partial charge in [-0.1, -0.05) is 15.9 Å². The minimum atomic E-state index is -1.01. The fraction of sp³-hybridized carbons (Fsp3) is 0. The van der Waals surface area contributed by atoms with Crippen LogP contribution in [0.2, 0.25) is 0 Å². The van der Waals surface area contributed by atoms with Gasteiger partial charge in [-0.3, -0.25) is 4.79 Å². The first-order chi connectivity index (χ1) is 13.0. The summed E-state index contributed by atoms with van der Waals surface area (Å²) in [6.07, 6.45) is 2.95. The molecule has 3 aromatic rings. The van der Waals surface area contributed by atoms with Gasteiger partial charge in [0.05, 0.1) is 29.4 Å². The van der Waals surface area contributed by atoms with Gasteiger partial charge in [0, 0.05) is 21.3 Å². The number of halogens is 3. The molecular formula is C19H11BrF2N4O. The number of aromatic nitrogens is 2. The molecule has 0 saturated carbocycles. The van der Waals surface area contributed by atoms with Crippen LogP contribution in [0, 0.1) is 11.6 Å². The molecule has 8 heteroatoms. The highest BCUT2D eigenvalue weighted by Crippen LogP contribution is 2.39. The number of anilines is 2. The molecule has 0 radical (unpaired) electrons. The maximum absolute atomic E-state index is 13.9. The molecule has 2 heterocycles. The van der Waals surface area contributed by atoms with Crippen LogP contribution in [0.3, 0.4) is 0 Å². The zero-order valence-corrected chi connectivity index (χ0v) is 15.2. The number of benzene rings is 2. The van der Waals surface area contributed by atoms with E-state index in [4.69, 9.17) is 0 Å². The van der Waals surface area contributed by atoms with E-state index in [1.165, 1.54) is 18.5 Å². The lowest BCUT2D eigenvalue weighted by molar-refractivity contribution is -0.110. The average Bonchev–Trinajstić information content (AvgIpc) is 2.98. The predicted molar refractivity (Wildman–Crippen MR) is 102 cm³/mol. The number of carbonyl (C=O) groups excluding carboxylic acids is 1. The standard InChI is InChI=1S/C19H11BrF2N4O/c20-11-2-4-16-13(8-11)17(19(27)26-16)18(25-12-5-6-23-24-9-12)10-1-3-14(21)15(22)7-10/h1-9H,(H,23,25)(H,26,27)/b18-17-. The molecule has 1 aliphatic heterocycles. The van der Waals surface area contributed by atoms with Crippen molar-refractivity contribution < 1.29 is 13.6 Å². The summed E-state index contributed by atoms with van der Waals surface area (Å²) in [5.74, 6) is -2.32. The normalized spacial score (nSPS) is 14.6. The second kappa shape index (κ2) is 6.88. The average molecular weight is 429 g/mol. The first-order valence-corrected chi connectivity index (χ1v) is 8.67. The van der Waals surface area contributed by atoms with Crippen LogP contribution in [0.1, 0.15) is 11.1 Å². The highest BCUT2D eigenvalue weighted by atomic mass is 79.9. The maximum Gasteiger partial charge on any atom is 0.258 e. The molecule has 0 aliphatic carbocycles. The van der Waals surface area contributed by atoms with Gasteiger partial charge in [0.15, 0.2) is 11.6 Å². The van der Waals surface area contributed by atoms with Gasteiger partial charge in [0.2, 0.25) is 0 Å². The zero-order chi connectivity index (χ0) is 19.0. The summed E-state index contributed by atoms with van der Waals surface area (Å²) < 4.78 is 28.1. The second-order valence-electron chi connectivity index (χ2n) is 5.78. The molecule has 0 saturated heterocycles. The summed E-state index contributed by atoms with van der Waals surface area (Å²) in [6, 6.07) is 10.5. The van der Waals surface area contributed by atoms with Crippen molar-refractivity contribution in [3.05, 3.63) is 82.1 Å². The number of nitrogens with zero attached hydrogens (tertiary/aromatic N) is 2. The van der Waals surface area contributed by atoms with E-state index in [2.05, 4.69) is 36.8 Å². The lowest BCUT2D eigenvalue weighted by atomic mass is 10.00. The highest BCUT2D eigenvalue weighted by molar-refractivity contribution is 9.10. The number of fused-ring (bicyclic) bond motifs is 1. The molecule has 1 aliphatic rings. The van der Waals surface area contributed by atoms with Crippen LogP contribution in [-0.4, -0.2) is 16.1 Å². The van der Waals surface area contributed by atoms with Gasteiger partial charge in [0.1, 0.15) is 0 Å². The minimum absolute atomic E-state index is 0.314. The molecule has 5 nitrogen and oxygen atoms in total. The summed E-state index contributed by atoms with van der Waals surface area (Å²) >= 11 is 3.40. The maximum atomic E-state index is 13.9. The molecule has 2 aromatic carbocycles. The molecule has 0 atom stereocenters. The molecular weight excluding hydrogens is 418 g/mol. The van der Waals surface area contributed by atoms with E-state index in [9.17, 15) is 13.6 Å². The quantitative estimate of drug-likeness (QED) is 0.604. The third-order valence-corrected chi connectivity index (χ3v) is 4.53. The molecule has 0 fully saturated rings. The number of amides is 1. The lowest BCUT2D eigenvalue weighted by Crippen LogP contribution is -2.10. The van der Waals surface area contributed by atoms with Gasteiger partial charge in [-0.25, -0.2) is 8.78 Å². The van der Waals surface area contributed by atoms with Gasteiger partial charge in [-0.15, -0.1) is 0 Å². The van der Waals surface area contributed by atoms with Crippen LogP contribution in [-0.2, 0) is 4.79 Å². The summed E-state index contributed by atoms with van der Waals surface area (Å²) in [5.41, 5.74) is 2.79. The van der Waals surface area contributed by atoms with Gasteiger partial charge in [-0.05, 0) is 42.5 Å². The van der Waals surface area contributed by atoms with Gasteiger partial charge in [0.25, 0.3) is 5.91 Å². The number of carbonyl (C=O) groups is 1. The Kier molecular flexibility index (Phi) is 4.41. The van der Waals surface area contributed by atoms with Crippen LogP contribution in [0.25, 0.3) is 11.3 Å². The molecule has 0 unspecified atom stereocenters. The van der Waals surface area contributed by atoms with E-state index in [-0.39, 0.29) is 5.91 Å². The van der Waals surface area contributed by atoms with Crippen LogP contribution >= 0.6 is 15.9 Å². The number of hydrogen-bond donors (Lipinski definition) is 2. The molecule has 134 valence electrons. The summed E-state index contributed by atoms with van der Waals surface area (Å²) in [4.78, 5) is 12.7. The Labute approximate surface area is 161 Å². The summed E-state index contributed by atoms with van der Waals surface area (Å²) in [6.45, 7) is 0. The van der Waals surface area contributed by atoms with Crippen LogP contribution in [0.15, 0.2) is 59.3 Å². The number of nitrogens with one attached hydrogen (secondary N) is 2.